The third kappa shape index (κ3) is 2.57. The number of aromatic nitrogens is 3. The third-order valence-corrected chi connectivity index (χ3v) is 4.32. The van der Waals surface area contributed by atoms with Crippen LogP contribution in [-0.2, 0) is 0 Å². The molecule has 0 bridgehead atoms. The van der Waals surface area contributed by atoms with Gasteiger partial charge in [0.2, 0.25) is 0 Å². The summed E-state index contributed by atoms with van der Waals surface area (Å²) in [6, 6.07) is 17.5. The molecule has 26 heavy (non-hydrogen) atoms. The lowest BCUT2D eigenvalue weighted by molar-refractivity contribution is 0.0697. The predicted octanol–water partition coefficient (Wildman–Crippen LogP) is 3.36. The van der Waals surface area contributed by atoms with Gasteiger partial charge in [0, 0.05) is 17.2 Å². The van der Waals surface area contributed by atoms with Gasteiger partial charge in [0.1, 0.15) is 5.65 Å². The molecule has 2 N–H and O–H groups in total. The lowest BCUT2D eigenvalue weighted by Crippen LogP contribution is -2.14. The minimum atomic E-state index is -1.01. The molecule has 0 aliphatic rings. The van der Waals surface area contributed by atoms with Crippen molar-refractivity contribution in [2.45, 2.75) is 6.92 Å². The smallest absolute Gasteiger partial charge is 0.335 e. The first-order valence-electron chi connectivity index (χ1n) is 8.06. The maximum atomic E-state index is 12.6. The number of nitrogens with zero attached hydrogens (tertiary/aromatic N) is 2. The molecule has 2 heterocycles. The lowest BCUT2D eigenvalue weighted by Gasteiger charge is -2.04. The second-order valence-corrected chi connectivity index (χ2v) is 6.01. The quantitative estimate of drug-likeness (QED) is 0.596. The Morgan fingerprint density at radius 1 is 1.04 bits per heavy atom. The van der Waals surface area contributed by atoms with Crippen molar-refractivity contribution in [1.82, 2.24) is 14.6 Å². The highest BCUT2D eigenvalue weighted by Gasteiger charge is 2.15. The fourth-order valence-corrected chi connectivity index (χ4v) is 3.00. The van der Waals surface area contributed by atoms with Crippen LogP contribution in [0, 0.1) is 6.92 Å². The summed E-state index contributed by atoms with van der Waals surface area (Å²) in [4.78, 5) is 27.0. The molecule has 0 saturated heterocycles. The van der Waals surface area contributed by atoms with Crippen LogP contribution >= 0.6 is 0 Å². The van der Waals surface area contributed by atoms with Crippen LogP contribution in [0.1, 0.15) is 15.9 Å². The second-order valence-electron chi connectivity index (χ2n) is 6.01. The van der Waals surface area contributed by atoms with Gasteiger partial charge in [-0.15, -0.1) is 0 Å². The lowest BCUT2D eigenvalue weighted by atomic mass is 10.1. The van der Waals surface area contributed by atoms with E-state index >= 15 is 0 Å². The monoisotopic (exact) mass is 345 g/mol. The summed E-state index contributed by atoms with van der Waals surface area (Å²) in [7, 11) is 0. The van der Waals surface area contributed by atoms with Crippen molar-refractivity contribution in [2.75, 3.05) is 0 Å². The number of rotatable bonds is 3. The van der Waals surface area contributed by atoms with Crippen molar-refractivity contribution in [2.24, 2.45) is 0 Å². The molecule has 128 valence electrons. The number of carboxylic acids is 1. The van der Waals surface area contributed by atoms with Crippen molar-refractivity contribution in [3.05, 3.63) is 82.1 Å². The molecule has 0 atom stereocenters. The van der Waals surface area contributed by atoms with Gasteiger partial charge in [0.25, 0.3) is 5.56 Å². The number of benzene rings is 2. The molecule has 6 nitrogen and oxygen atoms in total. The zero-order valence-corrected chi connectivity index (χ0v) is 13.9. The molecule has 0 spiro atoms. The van der Waals surface area contributed by atoms with Gasteiger partial charge in [-0.05, 0) is 24.6 Å². The SMILES string of the molecule is Cc1c(-c2ccccc2)nn2c(=O)cc(-c3cccc(C(=O)O)c3)[nH]c12. The van der Waals surface area contributed by atoms with Gasteiger partial charge in [-0.3, -0.25) is 4.79 Å². The summed E-state index contributed by atoms with van der Waals surface area (Å²) in [5.74, 6) is -1.01. The van der Waals surface area contributed by atoms with E-state index in [4.69, 9.17) is 5.11 Å². The summed E-state index contributed by atoms with van der Waals surface area (Å²) >= 11 is 0. The zero-order chi connectivity index (χ0) is 18.3. The maximum Gasteiger partial charge on any atom is 0.335 e. The Morgan fingerprint density at radius 2 is 1.77 bits per heavy atom. The van der Waals surface area contributed by atoms with Crippen molar-refractivity contribution >= 4 is 11.6 Å². The number of fused-ring (bicyclic) bond motifs is 1. The van der Waals surface area contributed by atoms with E-state index in [2.05, 4.69) is 10.1 Å². The number of hydrogen-bond donors (Lipinski definition) is 2. The second kappa shape index (κ2) is 6.00. The molecule has 0 radical (unpaired) electrons. The van der Waals surface area contributed by atoms with Gasteiger partial charge in [0.15, 0.2) is 0 Å². The number of aryl methyl sites for hydroxylation is 1. The number of carbonyl (C=O) groups is 1. The fraction of sp³-hybridized carbons (Fsp3) is 0.0500. The minimum Gasteiger partial charge on any atom is -0.478 e. The third-order valence-electron chi connectivity index (χ3n) is 4.32. The van der Waals surface area contributed by atoms with Gasteiger partial charge in [-0.2, -0.15) is 9.61 Å². The van der Waals surface area contributed by atoms with Crippen LogP contribution in [0.4, 0.5) is 0 Å². The van der Waals surface area contributed by atoms with E-state index in [1.807, 2.05) is 37.3 Å². The van der Waals surface area contributed by atoms with Gasteiger partial charge >= 0.3 is 5.97 Å². The Kier molecular flexibility index (Phi) is 3.65. The molecular weight excluding hydrogens is 330 g/mol. The van der Waals surface area contributed by atoms with Crippen LogP contribution in [0.2, 0.25) is 0 Å². The van der Waals surface area contributed by atoms with Crippen LogP contribution in [0.3, 0.4) is 0 Å². The van der Waals surface area contributed by atoms with E-state index in [1.165, 1.54) is 22.7 Å². The highest BCUT2D eigenvalue weighted by atomic mass is 16.4. The number of carboxylic acid groups (broad SMARTS) is 1. The molecule has 2 aromatic carbocycles. The van der Waals surface area contributed by atoms with Crippen LogP contribution in [-0.4, -0.2) is 25.7 Å². The van der Waals surface area contributed by atoms with Crippen LogP contribution in [0.5, 0.6) is 0 Å². The maximum absolute atomic E-state index is 12.6. The molecule has 4 rings (SSSR count). The first kappa shape index (κ1) is 15.8. The Bertz CT molecular complexity index is 1190. The summed E-state index contributed by atoms with van der Waals surface area (Å²) in [6.07, 6.45) is 0. The number of aromatic amines is 1. The fourth-order valence-electron chi connectivity index (χ4n) is 3.00. The Balaban J connectivity index is 1.92. The van der Waals surface area contributed by atoms with Crippen LogP contribution < -0.4 is 5.56 Å². The number of H-pyrrole nitrogens is 1. The van der Waals surface area contributed by atoms with E-state index in [0.717, 1.165) is 16.8 Å². The van der Waals surface area contributed by atoms with Crippen LogP contribution in [0.15, 0.2) is 65.5 Å². The molecule has 0 saturated carbocycles. The van der Waals surface area contributed by atoms with Gasteiger partial charge in [-0.1, -0.05) is 42.5 Å². The Hall–Kier alpha value is -3.67. The zero-order valence-electron chi connectivity index (χ0n) is 13.9. The summed E-state index contributed by atoms with van der Waals surface area (Å²) in [5.41, 5.74) is 4.17. The van der Waals surface area contributed by atoms with Crippen molar-refractivity contribution in [3.8, 4) is 22.5 Å². The number of aromatic carboxylic acids is 1. The minimum absolute atomic E-state index is 0.165. The van der Waals surface area contributed by atoms with Crippen molar-refractivity contribution in [1.29, 1.82) is 0 Å². The Morgan fingerprint density at radius 3 is 2.50 bits per heavy atom. The summed E-state index contributed by atoms with van der Waals surface area (Å²) in [6.45, 7) is 1.90. The molecular formula is C20H15N3O3. The van der Waals surface area contributed by atoms with E-state index in [-0.39, 0.29) is 11.1 Å². The summed E-state index contributed by atoms with van der Waals surface area (Å²) in [5, 5.41) is 13.6. The highest BCUT2D eigenvalue weighted by Crippen LogP contribution is 2.25. The highest BCUT2D eigenvalue weighted by molar-refractivity contribution is 5.89. The number of hydrogen-bond acceptors (Lipinski definition) is 3. The largest absolute Gasteiger partial charge is 0.478 e. The number of nitrogens with one attached hydrogen (secondary N) is 1. The van der Waals surface area contributed by atoms with Gasteiger partial charge in [0.05, 0.1) is 17.0 Å². The topological polar surface area (TPSA) is 87.5 Å². The molecule has 0 fully saturated rings. The molecule has 0 aliphatic carbocycles. The normalized spacial score (nSPS) is 11.0. The van der Waals surface area contributed by atoms with E-state index in [9.17, 15) is 9.59 Å². The molecule has 4 aromatic rings. The molecule has 2 aromatic heterocycles. The van der Waals surface area contributed by atoms with E-state index in [1.54, 1.807) is 12.1 Å². The average molecular weight is 345 g/mol. The van der Waals surface area contributed by atoms with Gasteiger partial charge < -0.3 is 10.1 Å². The molecule has 0 unspecified atom stereocenters. The first-order chi connectivity index (χ1) is 12.5. The molecule has 0 aliphatic heterocycles. The predicted molar refractivity (Wildman–Crippen MR) is 98.4 cm³/mol. The molecule has 6 heteroatoms. The summed E-state index contributed by atoms with van der Waals surface area (Å²) < 4.78 is 1.34. The Labute approximate surface area is 148 Å². The van der Waals surface area contributed by atoms with E-state index in [0.29, 0.717) is 16.9 Å². The van der Waals surface area contributed by atoms with E-state index < -0.39 is 5.97 Å². The van der Waals surface area contributed by atoms with Crippen molar-refractivity contribution in [3.63, 3.8) is 0 Å². The first-order valence-corrected chi connectivity index (χ1v) is 8.06. The molecule has 0 amide bonds. The standard InChI is InChI=1S/C20H15N3O3/c1-12-18(13-6-3-2-4-7-13)22-23-17(24)11-16(21-19(12)23)14-8-5-9-15(10-14)20(25)26/h2-11,21H,1H3,(H,25,26). The van der Waals surface area contributed by atoms with Crippen LogP contribution in [0.25, 0.3) is 28.2 Å². The van der Waals surface area contributed by atoms with Gasteiger partial charge in [-0.25, -0.2) is 4.79 Å². The van der Waals surface area contributed by atoms with Crippen molar-refractivity contribution < 1.29 is 9.90 Å². The average Bonchev–Trinajstić information content (AvgIpc) is 3.00.